The van der Waals surface area contributed by atoms with E-state index in [0.717, 1.165) is 35.1 Å². The fourth-order valence-corrected chi connectivity index (χ4v) is 5.47. The van der Waals surface area contributed by atoms with Gasteiger partial charge >= 0.3 is 12.1 Å². The molecule has 0 aliphatic heterocycles. The number of nitrogens with one attached hydrogen (secondary N) is 2. The average molecular weight is 481 g/mol. The molecule has 2 aromatic carbocycles. The molecule has 8 nitrogen and oxygen atoms in total. The van der Waals surface area contributed by atoms with Crippen LogP contribution in [0, 0.1) is 5.92 Å². The van der Waals surface area contributed by atoms with E-state index in [4.69, 9.17) is 4.74 Å². The number of aliphatic hydroxyl groups excluding tert-OH is 1. The molecule has 0 heterocycles. The van der Waals surface area contributed by atoms with Crippen molar-refractivity contribution in [1.29, 1.82) is 0 Å². The van der Waals surface area contributed by atoms with Crippen LogP contribution >= 0.6 is 0 Å². The van der Waals surface area contributed by atoms with Gasteiger partial charge < -0.3 is 25.6 Å². The molecule has 2 aromatic rings. The van der Waals surface area contributed by atoms with Gasteiger partial charge in [-0.05, 0) is 41.0 Å². The van der Waals surface area contributed by atoms with Crippen LogP contribution in [0.1, 0.15) is 56.1 Å². The zero-order valence-electron chi connectivity index (χ0n) is 19.8. The van der Waals surface area contributed by atoms with E-state index in [2.05, 4.69) is 17.6 Å². The molecular weight excluding hydrogens is 448 g/mol. The predicted octanol–water partition coefficient (Wildman–Crippen LogP) is 3.43. The van der Waals surface area contributed by atoms with Gasteiger partial charge in [-0.2, -0.15) is 0 Å². The van der Waals surface area contributed by atoms with E-state index in [1.54, 1.807) is 0 Å². The number of benzene rings is 2. The van der Waals surface area contributed by atoms with Gasteiger partial charge in [-0.25, -0.2) is 4.79 Å². The van der Waals surface area contributed by atoms with Gasteiger partial charge in [0.1, 0.15) is 12.6 Å². The minimum absolute atomic E-state index is 0.0549. The normalized spacial score (nSPS) is 21.9. The highest BCUT2D eigenvalue weighted by Crippen LogP contribution is 2.44. The van der Waals surface area contributed by atoms with Gasteiger partial charge in [-0.3, -0.25) is 9.59 Å². The quantitative estimate of drug-likeness (QED) is 0.459. The lowest BCUT2D eigenvalue weighted by atomic mass is 9.76. The molecule has 0 saturated heterocycles. The summed E-state index contributed by atoms with van der Waals surface area (Å²) in [4.78, 5) is 37.1. The van der Waals surface area contributed by atoms with Gasteiger partial charge in [0.2, 0.25) is 5.91 Å². The van der Waals surface area contributed by atoms with Crippen LogP contribution in [0.25, 0.3) is 11.1 Å². The summed E-state index contributed by atoms with van der Waals surface area (Å²) in [5.41, 5.74) is 3.48. The third-order valence-electron chi connectivity index (χ3n) is 7.11. The number of carboxylic acids is 1. The number of carbonyl (C=O) groups is 3. The van der Waals surface area contributed by atoms with E-state index in [0.29, 0.717) is 18.8 Å². The molecular formula is C27H32N2O6. The number of aliphatic carboxylic acids is 1. The van der Waals surface area contributed by atoms with Crippen molar-refractivity contribution < 1.29 is 29.3 Å². The van der Waals surface area contributed by atoms with Crippen molar-refractivity contribution in [3.63, 3.8) is 0 Å². The summed E-state index contributed by atoms with van der Waals surface area (Å²) >= 11 is 0. The second kappa shape index (κ2) is 10.5. The van der Waals surface area contributed by atoms with Crippen LogP contribution in [-0.4, -0.2) is 53.0 Å². The Balaban J connectivity index is 1.42. The number of carbonyl (C=O) groups excluding carboxylic acids is 2. The van der Waals surface area contributed by atoms with Gasteiger partial charge in [0, 0.05) is 5.92 Å². The van der Waals surface area contributed by atoms with Gasteiger partial charge in [-0.1, -0.05) is 68.3 Å². The SMILES string of the molecule is CC1CCCC(CO)(NC(=O)C(CC(=O)O)NC(=O)OCC2c3ccccc3-c3ccccc32)C1. The summed E-state index contributed by atoms with van der Waals surface area (Å²) in [6.07, 6.45) is 1.61. The third kappa shape index (κ3) is 5.48. The number of hydrogen-bond donors (Lipinski definition) is 4. The maximum atomic E-state index is 13.0. The first-order valence-electron chi connectivity index (χ1n) is 12.1. The van der Waals surface area contributed by atoms with E-state index >= 15 is 0 Å². The Labute approximate surface area is 204 Å². The van der Waals surface area contributed by atoms with Crippen LogP contribution in [0.15, 0.2) is 48.5 Å². The Morgan fingerprint density at radius 3 is 2.29 bits per heavy atom. The molecule has 2 aliphatic carbocycles. The molecule has 0 spiro atoms. The van der Waals surface area contributed by atoms with Gasteiger partial charge in [-0.15, -0.1) is 0 Å². The molecule has 3 atom stereocenters. The number of aliphatic hydroxyl groups is 1. The molecule has 2 aliphatic rings. The first-order valence-corrected chi connectivity index (χ1v) is 12.1. The number of alkyl carbamates (subject to hydrolysis) is 1. The van der Waals surface area contributed by atoms with Gasteiger partial charge in [0.05, 0.1) is 18.6 Å². The Morgan fingerprint density at radius 1 is 1.09 bits per heavy atom. The number of carboxylic acid groups (broad SMARTS) is 1. The number of rotatable bonds is 8. The van der Waals surface area contributed by atoms with E-state index in [1.165, 1.54) is 0 Å². The molecule has 1 saturated carbocycles. The topological polar surface area (TPSA) is 125 Å². The molecule has 1 fully saturated rings. The van der Waals surface area contributed by atoms with Crippen LogP contribution in [-0.2, 0) is 14.3 Å². The zero-order chi connectivity index (χ0) is 25.0. The van der Waals surface area contributed by atoms with Crippen LogP contribution in [0.4, 0.5) is 4.79 Å². The monoisotopic (exact) mass is 480 g/mol. The Hall–Kier alpha value is -3.39. The third-order valence-corrected chi connectivity index (χ3v) is 7.11. The van der Waals surface area contributed by atoms with Gasteiger partial charge in [0.25, 0.3) is 0 Å². The lowest BCUT2D eigenvalue weighted by Gasteiger charge is -2.40. The summed E-state index contributed by atoms with van der Waals surface area (Å²) in [6.45, 7) is 1.87. The fourth-order valence-electron chi connectivity index (χ4n) is 5.47. The van der Waals surface area contributed by atoms with Crippen molar-refractivity contribution >= 4 is 18.0 Å². The summed E-state index contributed by atoms with van der Waals surface area (Å²) in [5.74, 6) is -1.69. The molecule has 8 heteroatoms. The van der Waals surface area contributed by atoms with Crippen molar-refractivity contribution in [2.75, 3.05) is 13.2 Å². The average Bonchev–Trinajstić information content (AvgIpc) is 3.16. The minimum atomic E-state index is -1.32. The second-order valence-electron chi connectivity index (χ2n) is 9.75. The first kappa shape index (κ1) is 24.7. The molecule has 35 heavy (non-hydrogen) atoms. The van der Waals surface area contributed by atoms with E-state index in [-0.39, 0.29) is 19.1 Å². The predicted molar refractivity (Wildman–Crippen MR) is 130 cm³/mol. The molecule has 3 unspecified atom stereocenters. The molecule has 4 N–H and O–H groups in total. The number of fused-ring (bicyclic) bond motifs is 3. The lowest BCUT2D eigenvalue weighted by molar-refractivity contribution is -0.140. The summed E-state index contributed by atoms with van der Waals surface area (Å²) < 4.78 is 5.49. The second-order valence-corrected chi connectivity index (χ2v) is 9.75. The largest absolute Gasteiger partial charge is 0.481 e. The van der Waals surface area contributed by atoms with E-state index in [1.807, 2.05) is 48.5 Å². The summed E-state index contributed by atoms with van der Waals surface area (Å²) in [7, 11) is 0. The van der Waals surface area contributed by atoms with Crippen LogP contribution in [0.5, 0.6) is 0 Å². The lowest BCUT2D eigenvalue weighted by Crippen LogP contribution is -2.59. The van der Waals surface area contributed by atoms with Crippen molar-refractivity contribution in [1.82, 2.24) is 10.6 Å². The Morgan fingerprint density at radius 2 is 1.71 bits per heavy atom. The molecule has 0 bridgehead atoms. The molecule has 2 amide bonds. The maximum absolute atomic E-state index is 13.0. The van der Waals surface area contributed by atoms with Crippen molar-refractivity contribution in [2.24, 2.45) is 5.92 Å². The number of ether oxygens (including phenoxy) is 1. The molecule has 0 aromatic heterocycles. The Bertz CT molecular complexity index is 1060. The molecule has 0 radical (unpaired) electrons. The first-order chi connectivity index (χ1) is 16.8. The maximum Gasteiger partial charge on any atom is 0.407 e. The van der Waals surface area contributed by atoms with Crippen molar-refractivity contribution in [2.45, 2.75) is 56.5 Å². The van der Waals surface area contributed by atoms with Crippen LogP contribution < -0.4 is 10.6 Å². The van der Waals surface area contributed by atoms with E-state index in [9.17, 15) is 24.6 Å². The van der Waals surface area contributed by atoms with Crippen molar-refractivity contribution in [3.8, 4) is 11.1 Å². The molecule has 186 valence electrons. The molecule has 4 rings (SSSR count). The number of hydrogen-bond acceptors (Lipinski definition) is 5. The smallest absolute Gasteiger partial charge is 0.407 e. The zero-order valence-corrected chi connectivity index (χ0v) is 19.8. The Kier molecular flexibility index (Phi) is 7.40. The number of amides is 2. The summed E-state index contributed by atoms with van der Waals surface area (Å²) in [5, 5.41) is 24.5. The highest BCUT2D eigenvalue weighted by Gasteiger charge is 2.38. The standard InChI is InChI=1S/C27H32N2O6/c1-17-7-6-12-27(14-17,16-30)29-25(33)23(13-24(31)32)28-26(34)35-15-22-20-10-4-2-8-18(20)19-9-3-5-11-21(19)22/h2-5,8-11,17,22-23,30H,6-7,12-16H2,1H3,(H,28,34)(H,29,33)(H,31,32). The fraction of sp³-hybridized carbons (Fsp3) is 0.444. The van der Waals surface area contributed by atoms with Crippen LogP contribution in [0.3, 0.4) is 0 Å². The van der Waals surface area contributed by atoms with Gasteiger partial charge in [0.15, 0.2) is 0 Å². The van der Waals surface area contributed by atoms with Crippen molar-refractivity contribution in [3.05, 3.63) is 59.7 Å². The van der Waals surface area contributed by atoms with Crippen LogP contribution in [0.2, 0.25) is 0 Å². The highest BCUT2D eigenvalue weighted by molar-refractivity contribution is 5.89. The summed E-state index contributed by atoms with van der Waals surface area (Å²) in [6, 6.07) is 14.6. The van der Waals surface area contributed by atoms with E-state index < -0.39 is 36.0 Å². The minimum Gasteiger partial charge on any atom is -0.481 e. The highest BCUT2D eigenvalue weighted by atomic mass is 16.5.